The minimum Gasteiger partial charge on any atom is -0.493 e. The summed E-state index contributed by atoms with van der Waals surface area (Å²) in [4.78, 5) is 12.1. The van der Waals surface area contributed by atoms with E-state index in [9.17, 15) is 10.1 Å². The number of methoxy groups -OCH3 is 3. The highest BCUT2D eigenvalue weighted by Crippen LogP contribution is 2.33. The van der Waals surface area contributed by atoms with Crippen molar-refractivity contribution >= 4 is 17.6 Å². The Morgan fingerprint density at radius 1 is 0.933 bits per heavy atom. The van der Waals surface area contributed by atoms with E-state index in [0.717, 1.165) is 0 Å². The summed E-state index contributed by atoms with van der Waals surface area (Å²) in [5.74, 6) is 1.12. The molecular weight excluding hydrogens is 386 g/mol. The number of esters is 1. The lowest BCUT2D eigenvalue weighted by molar-refractivity contribution is 0.0696. The Kier molecular flexibility index (Phi) is 6.40. The first-order chi connectivity index (χ1) is 14.6. The van der Waals surface area contributed by atoms with Crippen molar-refractivity contribution in [1.82, 2.24) is 0 Å². The quantitative estimate of drug-likeness (QED) is 0.246. The molecule has 1 heterocycles. The van der Waals surface area contributed by atoms with Gasteiger partial charge in [-0.25, -0.2) is 4.79 Å². The minimum atomic E-state index is -0.635. The molecule has 3 aromatic rings. The van der Waals surface area contributed by atoms with E-state index in [1.54, 1.807) is 55.7 Å². The number of allylic oxidation sites excluding steroid dienone is 1. The maximum absolute atomic E-state index is 12.1. The van der Waals surface area contributed by atoms with E-state index >= 15 is 0 Å². The molecule has 7 heteroatoms. The summed E-state index contributed by atoms with van der Waals surface area (Å²) in [5, 5.41) is 9.64. The topological polar surface area (TPSA) is 90.9 Å². The van der Waals surface area contributed by atoms with Crippen LogP contribution in [0.3, 0.4) is 0 Å². The van der Waals surface area contributed by atoms with Crippen molar-refractivity contribution in [2.24, 2.45) is 0 Å². The zero-order valence-corrected chi connectivity index (χ0v) is 16.7. The van der Waals surface area contributed by atoms with Gasteiger partial charge in [0.25, 0.3) is 0 Å². The standard InChI is InChI=1S/C23H19NO6/c1-26-18-9-7-16(13-22(18)28-3)17(14-24)11-15-6-8-19(21(12-15)27-2)30-23(25)20-5-4-10-29-20/h4-13H,1-3H3/b17-11-. The van der Waals surface area contributed by atoms with Gasteiger partial charge >= 0.3 is 5.97 Å². The van der Waals surface area contributed by atoms with Crippen molar-refractivity contribution in [1.29, 1.82) is 5.26 Å². The highest BCUT2D eigenvalue weighted by molar-refractivity contribution is 5.91. The molecule has 0 aliphatic heterocycles. The van der Waals surface area contributed by atoms with Gasteiger partial charge in [-0.05, 0) is 59.7 Å². The molecule has 152 valence electrons. The van der Waals surface area contributed by atoms with Gasteiger partial charge in [0.05, 0.1) is 39.2 Å². The fraction of sp³-hybridized carbons (Fsp3) is 0.130. The molecule has 0 unspecified atom stereocenters. The van der Waals surface area contributed by atoms with E-state index in [2.05, 4.69) is 6.07 Å². The molecule has 3 rings (SSSR count). The van der Waals surface area contributed by atoms with Crippen LogP contribution in [0.15, 0.2) is 59.2 Å². The largest absolute Gasteiger partial charge is 0.493 e. The van der Waals surface area contributed by atoms with Gasteiger partial charge in [0.2, 0.25) is 5.76 Å². The number of ether oxygens (including phenoxy) is 4. The van der Waals surface area contributed by atoms with Crippen LogP contribution in [0.25, 0.3) is 11.6 Å². The molecule has 0 atom stereocenters. The summed E-state index contributed by atoms with van der Waals surface area (Å²) >= 11 is 0. The summed E-state index contributed by atoms with van der Waals surface area (Å²) in [5.41, 5.74) is 1.77. The molecule has 0 radical (unpaired) electrons. The zero-order chi connectivity index (χ0) is 21.5. The molecule has 0 aliphatic rings. The van der Waals surface area contributed by atoms with Crippen LogP contribution in [0.4, 0.5) is 0 Å². The Morgan fingerprint density at radius 2 is 1.63 bits per heavy atom. The van der Waals surface area contributed by atoms with Crippen molar-refractivity contribution in [3.05, 3.63) is 71.7 Å². The average molecular weight is 405 g/mol. The van der Waals surface area contributed by atoms with Crippen molar-refractivity contribution in [2.45, 2.75) is 0 Å². The lowest BCUT2D eigenvalue weighted by atomic mass is 10.0. The molecule has 7 nitrogen and oxygen atoms in total. The molecule has 2 aromatic carbocycles. The molecule has 0 N–H and O–H groups in total. The lowest BCUT2D eigenvalue weighted by Gasteiger charge is -2.10. The van der Waals surface area contributed by atoms with Crippen molar-refractivity contribution in [3.8, 4) is 29.1 Å². The van der Waals surface area contributed by atoms with Gasteiger partial charge < -0.3 is 23.4 Å². The number of benzene rings is 2. The van der Waals surface area contributed by atoms with Gasteiger partial charge in [-0.2, -0.15) is 5.26 Å². The monoisotopic (exact) mass is 405 g/mol. The first kappa shape index (κ1) is 20.6. The first-order valence-electron chi connectivity index (χ1n) is 8.87. The summed E-state index contributed by atoms with van der Waals surface area (Å²) in [6.07, 6.45) is 3.08. The predicted molar refractivity (Wildman–Crippen MR) is 110 cm³/mol. The van der Waals surface area contributed by atoms with Gasteiger partial charge in [-0.15, -0.1) is 0 Å². The Labute approximate surface area is 173 Å². The molecule has 0 fully saturated rings. The summed E-state index contributed by atoms with van der Waals surface area (Å²) in [6.45, 7) is 0. The second-order valence-corrected chi connectivity index (χ2v) is 6.02. The van der Waals surface area contributed by atoms with Crippen LogP contribution in [0.1, 0.15) is 21.7 Å². The molecular formula is C23H19NO6. The fourth-order valence-corrected chi connectivity index (χ4v) is 2.75. The molecule has 0 aliphatic carbocycles. The maximum Gasteiger partial charge on any atom is 0.379 e. The molecule has 30 heavy (non-hydrogen) atoms. The van der Waals surface area contributed by atoms with E-state index in [1.165, 1.54) is 26.5 Å². The van der Waals surface area contributed by atoms with E-state index in [4.69, 9.17) is 23.4 Å². The predicted octanol–water partition coefficient (Wildman–Crippen LogP) is 4.59. The van der Waals surface area contributed by atoms with Gasteiger partial charge in [0.15, 0.2) is 23.0 Å². The number of hydrogen-bond donors (Lipinski definition) is 0. The van der Waals surface area contributed by atoms with Gasteiger partial charge in [-0.3, -0.25) is 0 Å². The highest BCUT2D eigenvalue weighted by Gasteiger charge is 2.15. The third-order valence-corrected chi connectivity index (χ3v) is 4.24. The minimum absolute atomic E-state index is 0.0845. The number of carbonyl (C=O) groups is 1. The van der Waals surface area contributed by atoms with Crippen LogP contribution in [0, 0.1) is 11.3 Å². The van der Waals surface area contributed by atoms with E-state index < -0.39 is 5.97 Å². The number of nitrogens with zero attached hydrogens (tertiary/aromatic N) is 1. The Bertz CT molecular complexity index is 1110. The second-order valence-electron chi connectivity index (χ2n) is 6.02. The van der Waals surface area contributed by atoms with Crippen molar-refractivity contribution < 1.29 is 28.2 Å². The normalized spacial score (nSPS) is 10.8. The molecule has 0 spiro atoms. The van der Waals surface area contributed by atoms with E-state index in [-0.39, 0.29) is 11.5 Å². The maximum atomic E-state index is 12.1. The zero-order valence-electron chi connectivity index (χ0n) is 16.7. The summed E-state index contributed by atoms with van der Waals surface area (Å²) in [6, 6.07) is 15.5. The Hall–Kier alpha value is -4.18. The van der Waals surface area contributed by atoms with Gasteiger partial charge in [-0.1, -0.05) is 6.07 Å². The smallest absolute Gasteiger partial charge is 0.379 e. The number of rotatable bonds is 7. The number of nitriles is 1. The SMILES string of the molecule is COc1ccc(/C(C#N)=C\c2ccc(OC(=O)c3ccco3)c(OC)c2)cc1OC. The fourth-order valence-electron chi connectivity index (χ4n) is 2.75. The molecule has 0 amide bonds. The Balaban J connectivity index is 1.90. The van der Waals surface area contributed by atoms with Crippen molar-refractivity contribution in [2.75, 3.05) is 21.3 Å². The van der Waals surface area contributed by atoms with Gasteiger partial charge in [0.1, 0.15) is 0 Å². The third-order valence-electron chi connectivity index (χ3n) is 4.24. The van der Waals surface area contributed by atoms with Crippen molar-refractivity contribution in [3.63, 3.8) is 0 Å². The summed E-state index contributed by atoms with van der Waals surface area (Å²) < 4.78 is 26.2. The number of carbonyl (C=O) groups excluding carboxylic acids is 1. The number of hydrogen-bond acceptors (Lipinski definition) is 7. The molecule has 0 saturated heterocycles. The lowest BCUT2D eigenvalue weighted by Crippen LogP contribution is -2.08. The van der Waals surface area contributed by atoms with Gasteiger partial charge in [0, 0.05) is 0 Å². The van der Waals surface area contributed by atoms with Crippen LogP contribution in [-0.2, 0) is 0 Å². The average Bonchev–Trinajstić information content (AvgIpc) is 3.33. The molecule has 0 bridgehead atoms. The van der Waals surface area contributed by atoms with Crippen LogP contribution in [-0.4, -0.2) is 27.3 Å². The first-order valence-corrected chi connectivity index (χ1v) is 8.87. The third kappa shape index (κ3) is 4.45. The van der Waals surface area contributed by atoms with Crippen LogP contribution in [0.5, 0.6) is 23.0 Å². The highest BCUT2D eigenvalue weighted by atomic mass is 16.6. The van der Waals surface area contributed by atoms with Crippen LogP contribution < -0.4 is 18.9 Å². The van der Waals surface area contributed by atoms with Crippen LogP contribution >= 0.6 is 0 Å². The van der Waals surface area contributed by atoms with E-state index in [0.29, 0.717) is 33.9 Å². The van der Waals surface area contributed by atoms with E-state index in [1.807, 2.05) is 0 Å². The Morgan fingerprint density at radius 3 is 2.27 bits per heavy atom. The molecule has 0 saturated carbocycles. The summed E-state index contributed by atoms with van der Waals surface area (Å²) in [7, 11) is 4.54. The van der Waals surface area contributed by atoms with Crippen LogP contribution in [0.2, 0.25) is 0 Å². The second kappa shape index (κ2) is 9.34. The molecule has 1 aromatic heterocycles. The number of furan rings is 1.